The van der Waals surface area contributed by atoms with Crippen molar-refractivity contribution in [3.8, 4) is 0 Å². The minimum absolute atomic E-state index is 0.0642. The second-order valence-corrected chi connectivity index (χ2v) is 7.97. The van der Waals surface area contributed by atoms with E-state index < -0.39 is 40.5 Å². The van der Waals surface area contributed by atoms with Crippen molar-refractivity contribution in [2.24, 2.45) is 0 Å². The number of amides is 2. The molecule has 0 aromatic carbocycles. The van der Waals surface area contributed by atoms with E-state index in [9.17, 15) is 23.6 Å². The summed E-state index contributed by atoms with van der Waals surface area (Å²) in [5, 5.41) is -1.19. The zero-order valence-corrected chi connectivity index (χ0v) is 18.7. The Morgan fingerprint density at radius 2 is 1.80 bits per heavy atom. The first-order valence-electron chi connectivity index (χ1n) is 9.12. The Kier molecular flexibility index (Phi) is 8.81. The van der Waals surface area contributed by atoms with Gasteiger partial charge in [0.25, 0.3) is 5.91 Å². The monoisotopic (exact) mass is 479 g/mol. The maximum atomic E-state index is 14.8. The molecule has 0 spiro atoms. The van der Waals surface area contributed by atoms with E-state index in [4.69, 9.17) is 27.9 Å². The average Bonchev–Trinajstić information content (AvgIpc) is 3.01. The first kappa shape index (κ1) is 24.3. The largest absolute Gasteiger partial charge is 0.469 e. The van der Waals surface area contributed by atoms with E-state index in [2.05, 4.69) is 4.74 Å². The van der Waals surface area contributed by atoms with E-state index in [1.807, 2.05) is 0 Å². The number of esters is 2. The van der Waals surface area contributed by atoms with E-state index in [-0.39, 0.29) is 40.5 Å². The highest BCUT2D eigenvalue weighted by molar-refractivity contribution is 7.11. The predicted molar refractivity (Wildman–Crippen MR) is 110 cm³/mol. The maximum absolute atomic E-state index is 14.8. The molecule has 1 aliphatic rings. The molecule has 1 aliphatic carbocycles. The number of methoxy groups -OCH3 is 1. The Bertz CT molecular complexity index is 898. The van der Waals surface area contributed by atoms with Crippen LogP contribution in [-0.4, -0.2) is 43.3 Å². The van der Waals surface area contributed by atoms with Gasteiger partial charge in [0.15, 0.2) is 0 Å². The van der Waals surface area contributed by atoms with Crippen LogP contribution in [-0.2, 0) is 35.1 Å². The normalized spacial score (nSPS) is 13.8. The lowest BCUT2D eigenvalue weighted by Crippen LogP contribution is -2.40. The molecule has 7 nitrogen and oxygen atoms in total. The van der Waals surface area contributed by atoms with E-state index in [1.165, 1.54) is 7.11 Å². The zero-order chi connectivity index (χ0) is 22.4. The Morgan fingerprint density at radius 3 is 2.37 bits per heavy atom. The molecule has 0 saturated heterocycles. The highest BCUT2D eigenvalue weighted by atomic mass is 35.5. The molecule has 1 heterocycles. The Hall–Kier alpha value is -1.97. The summed E-state index contributed by atoms with van der Waals surface area (Å²) in [5.74, 6) is -3.73. The third kappa shape index (κ3) is 5.19. The second-order valence-electron chi connectivity index (χ2n) is 6.27. The highest BCUT2D eigenvalue weighted by Crippen LogP contribution is 2.41. The second kappa shape index (κ2) is 10.9. The summed E-state index contributed by atoms with van der Waals surface area (Å²) in [6, 6.07) is 0. The predicted octanol–water partition coefficient (Wildman–Crippen LogP) is 3.79. The van der Waals surface area contributed by atoms with Crippen LogP contribution in [0.4, 0.5) is 10.1 Å². The lowest BCUT2D eigenvalue weighted by atomic mass is 9.90. The Morgan fingerprint density at radius 1 is 1.17 bits per heavy atom. The van der Waals surface area contributed by atoms with Crippen molar-refractivity contribution < 1.29 is 33.0 Å². The number of rotatable bonds is 7. The van der Waals surface area contributed by atoms with Crippen LogP contribution in [0.5, 0.6) is 0 Å². The van der Waals surface area contributed by atoms with Gasteiger partial charge in [0, 0.05) is 16.0 Å². The van der Waals surface area contributed by atoms with E-state index in [0.29, 0.717) is 35.5 Å². The van der Waals surface area contributed by atoms with Gasteiger partial charge in [-0.05, 0) is 32.6 Å². The van der Waals surface area contributed by atoms with Crippen molar-refractivity contribution >= 4 is 64.0 Å². The number of imide groups is 1. The minimum Gasteiger partial charge on any atom is -0.469 e. The molecule has 2 rings (SSSR count). The lowest BCUT2D eigenvalue weighted by Gasteiger charge is -2.25. The maximum Gasteiger partial charge on any atom is 0.334 e. The molecule has 0 fully saturated rings. The molecule has 0 aliphatic heterocycles. The van der Waals surface area contributed by atoms with Crippen LogP contribution < -0.4 is 4.90 Å². The van der Waals surface area contributed by atoms with Gasteiger partial charge in [-0.3, -0.25) is 14.4 Å². The molecular weight excluding hydrogens is 460 g/mol. The van der Waals surface area contributed by atoms with Crippen molar-refractivity contribution in [1.82, 2.24) is 0 Å². The van der Waals surface area contributed by atoms with Gasteiger partial charge in [-0.2, -0.15) is 4.39 Å². The van der Waals surface area contributed by atoms with Gasteiger partial charge in [0.05, 0.1) is 25.2 Å². The van der Waals surface area contributed by atoms with Gasteiger partial charge in [-0.15, -0.1) is 22.9 Å². The first-order chi connectivity index (χ1) is 14.3. The van der Waals surface area contributed by atoms with Crippen LogP contribution in [0.3, 0.4) is 0 Å². The van der Waals surface area contributed by atoms with Crippen LogP contribution in [0.2, 0.25) is 5.02 Å². The number of ether oxygens (including phenoxy) is 2. The minimum atomic E-state index is -0.931. The number of hydrogen-bond acceptors (Lipinski definition) is 7. The Balaban J connectivity index is 2.56. The Labute approximate surface area is 186 Å². The number of hydrogen-bond donors (Lipinski definition) is 0. The number of carbonyl (C=O) groups excluding carboxylic acids is 4. The molecule has 0 radical (unpaired) electrons. The summed E-state index contributed by atoms with van der Waals surface area (Å²) < 4.78 is 24.3. The van der Waals surface area contributed by atoms with Crippen LogP contribution >= 0.6 is 34.5 Å². The number of anilines is 1. The van der Waals surface area contributed by atoms with Gasteiger partial charge in [0.1, 0.15) is 11.6 Å². The van der Waals surface area contributed by atoms with Crippen LogP contribution in [0.15, 0.2) is 11.1 Å². The topological polar surface area (TPSA) is 90.0 Å². The van der Waals surface area contributed by atoms with Crippen molar-refractivity contribution in [3.63, 3.8) is 0 Å². The SMILES string of the molecule is CCOC(=O)C1=C(C(=O)N(C(=O)CCl)c2c(F)sc(CC(=O)OC)c2Cl)CCCC1. The van der Waals surface area contributed by atoms with E-state index >= 15 is 0 Å². The summed E-state index contributed by atoms with van der Waals surface area (Å²) in [4.78, 5) is 50.3. The number of nitrogens with zero attached hydrogens (tertiary/aromatic N) is 1. The molecule has 30 heavy (non-hydrogen) atoms. The van der Waals surface area contributed by atoms with Crippen LogP contribution in [0.1, 0.15) is 37.5 Å². The summed E-state index contributed by atoms with van der Waals surface area (Å²) in [6.45, 7) is 1.76. The number of carbonyl (C=O) groups is 4. The third-order valence-corrected chi connectivity index (χ3v) is 6.14. The fourth-order valence-electron chi connectivity index (χ4n) is 3.04. The molecule has 0 N–H and O–H groups in total. The van der Waals surface area contributed by atoms with E-state index in [0.717, 1.165) is 0 Å². The molecule has 0 unspecified atom stereocenters. The molecule has 11 heteroatoms. The highest BCUT2D eigenvalue weighted by Gasteiger charge is 2.36. The number of halogens is 3. The quantitative estimate of drug-likeness (QED) is 0.436. The van der Waals surface area contributed by atoms with Gasteiger partial charge in [0.2, 0.25) is 11.0 Å². The van der Waals surface area contributed by atoms with Gasteiger partial charge in [-0.1, -0.05) is 11.6 Å². The molecule has 0 saturated carbocycles. The summed E-state index contributed by atoms with van der Waals surface area (Å²) >= 11 is 12.4. The molecular formula is C19H20Cl2FNO6S. The fourth-order valence-corrected chi connectivity index (χ4v) is 4.45. The fraction of sp³-hybridized carbons (Fsp3) is 0.474. The number of thiophene rings is 1. The van der Waals surface area contributed by atoms with Crippen LogP contribution in [0, 0.1) is 5.13 Å². The average molecular weight is 480 g/mol. The smallest absolute Gasteiger partial charge is 0.334 e. The van der Waals surface area contributed by atoms with Crippen molar-refractivity contribution in [2.45, 2.75) is 39.0 Å². The lowest BCUT2D eigenvalue weighted by molar-refractivity contribution is -0.140. The molecule has 1 aromatic rings. The van der Waals surface area contributed by atoms with Gasteiger partial charge >= 0.3 is 11.9 Å². The zero-order valence-electron chi connectivity index (χ0n) is 16.4. The summed E-state index contributed by atoms with van der Waals surface area (Å²) in [5.41, 5.74) is -0.270. The van der Waals surface area contributed by atoms with Crippen LogP contribution in [0.25, 0.3) is 0 Å². The van der Waals surface area contributed by atoms with Crippen molar-refractivity contribution in [2.75, 3.05) is 24.5 Å². The standard InChI is InChI=1S/C19H20Cl2FNO6S/c1-3-29-19(27)11-7-5-4-6-10(11)18(26)23(13(24)9-20)16-15(21)12(30-17(16)22)8-14(25)28-2/h3-9H2,1-2H3. The molecule has 164 valence electrons. The van der Waals surface area contributed by atoms with Gasteiger partial charge in [-0.25, -0.2) is 9.69 Å². The number of alkyl halides is 1. The third-order valence-electron chi connectivity index (χ3n) is 4.42. The first-order valence-corrected chi connectivity index (χ1v) is 10.8. The summed E-state index contributed by atoms with van der Waals surface area (Å²) in [6.07, 6.45) is 1.48. The molecule has 0 bridgehead atoms. The van der Waals surface area contributed by atoms with Crippen molar-refractivity contribution in [1.29, 1.82) is 0 Å². The van der Waals surface area contributed by atoms with Crippen molar-refractivity contribution in [3.05, 3.63) is 26.2 Å². The van der Waals surface area contributed by atoms with Gasteiger partial charge < -0.3 is 9.47 Å². The van der Waals surface area contributed by atoms with E-state index in [1.54, 1.807) is 6.92 Å². The summed E-state index contributed by atoms with van der Waals surface area (Å²) in [7, 11) is 1.17. The molecule has 0 atom stereocenters. The molecule has 1 aromatic heterocycles. The molecule has 2 amide bonds.